The van der Waals surface area contributed by atoms with Crippen LogP contribution in [-0.2, 0) is 10.0 Å². The van der Waals surface area contributed by atoms with Gasteiger partial charge in [0.15, 0.2) is 0 Å². The molecule has 1 saturated carbocycles. The molecule has 0 saturated heterocycles. The minimum Gasteiger partial charge on any atom is -0.389 e. The van der Waals surface area contributed by atoms with E-state index in [-0.39, 0.29) is 20.3 Å². The molecule has 0 bridgehead atoms. The summed E-state index contributed by atoms with van der Waals surface area (Å²) in [4.78, 5) is 0.289. The average Bonchev–Trinajstić information content (AvgIpc) is 3.17. The minimum absolute atomic E-state index is 0.139. The summed E-state index contributed by atoms with van der Waals surface area (Å²) in [5.74, 6) is 0. The predicted octanol–water partition coefficient (Wildman–Crippen LogP) is 2.83. The number of benzene rings is 1. The first-order valence-corrected chi connectivity index (χ1v) is 9.16. The van der Waals surface area contributed by atoms with E-state index in [0.29, 0.717) is 12.1 Å². The lowest BCUT2D eigenvalue weighted by atomic mass is 10.0. The van der Waals surface area contributed by atoms with Gasteiger partial charge in [0.2, 0.25) is 10.0 Å². The number of nitrogens with one attached hydrogen (secondary N) is 1. The molecule has 1 fully saturated rings. The molecule has 1 aliphatic rings. The van der Waals surface area contributed by atoms with Crippen molar-refractivity contribution >= 4 is 38.8 Å². The Hall–Kier alpha value is -0.690. The molecule has 7 heteroatoms. The molecule has 0 amide bonds. The van der Waals surface area contributed by atoms with Crippen molar-refractivity contribution in [2.45, 2.75) is 37.5 Å². The Bertz CT molecular complexity index is 655. The van der Waals surface area contributed by atoms with Gasteiger partial charge in [-0.3, -0.25) is 0 Å². The highest BCUT2D eigenvalue weighted by Crippen LogP contribution is 2.49. The molecule has 0 spiro atoms. The van der Waals surface area contributed by atoms with Gasteiger partial charge in [-0.2, -0.15) is 0 Å². The lowest BCUT2D eigenvalue weighted by Crippen LogP contribution is -2.30. The van der Waals surface area contributed by atoms with Gasteiger partial charge in [0.1, 0.15) is 4.99 Å². The predicted molar refractivity (Wildman–Crippen MR) is 89.1 cm³/mol. The molecule has 0 radical (unpaired) electrons. The van der Waals surface area contributed by atoms with Crippen LogP contribution in [0.3, 0.4) is 0 Å². The molecule has 1 aromatic carbocycles. The largest absolute Gasteiger partial charge is 0.389 e. The van der Waals surface area contributed by atoms with E-state index in [0.717, 1.165) is 25.7 Å². The van der Waals surface area contributed by atoms with Crippen molar-refractivity contribution < 1.29 is 8.42 Å². The highest BCUT2D eigenvalue weighted by molar-refractivity contribution is 7.89. The van der Waals surface area contributed by atoms with Crippen LogP contribution in [-0.4, -0.2) is 20.0 Å². The first-order valence-electron chi connectivity index (χ1n) is 6.89. The summed E-state index contributed by atoms with van der Waals surface area (Å²) in [5, 5.41) is 0.250. The number of sulfonamides is 1. The standard InChI is InChI=1S/C14H19ClN2O2S2/c1-2-5-14(6-7-14)9-17-21(18,19)10-3-4-11(13(16)20)12(15)8-10/h3-4,8,17H,2,5-7,9H2,1H3,(H2,16,20). The van der Waals surface area contributed by atoms with Crippen LogP contribution in [0.5, 0.6) is 0 Å². The fraction of sp³-hybridized carbons (Fsp3) is 0.500. The monoisotopic (exact) mass is 346 g/mol. The van der Waals surface area contributed by atoms with Crippen molar-refractivity contribution in [2.75, 3.05) is 6.54 Å². The summed E-state index contributed by atoms with van der Waals surface area (Å²) in [6, 6.07) is 4.40. The number of hydrogen-bond acceptors (Lipinski definition) is 3. The van der Waals surface area contributed by atoms with Crippen molar-refractivity contribution in [2.24, 2.45) is 11.1 Å². The SMILES string of the molecule is CCCC1(CNS(=O)(=O)c2ccc(C(N)=S)c(Cl)c2)CC1. The van der Waals surface area contributed by atoms with Crippen molar-refractivity contribution in [3.63, 3.8) is 0 Å². The van der Waals surface area contributed by atoms with Crippen LogP contribution in [0.15, 0.2) is 23.1 Å². The molecule has 116 valence electrons. The van der Waals surface area contributed by atoms with Gasteiger partial charge in [-0.25, -0.2) is 13.1 Å². The molecular weight excluding hydrogens is 328 g/mol. The second-order valence-corrected chi connectivity index (χ2v) is 8.19. The first-order chi connectivity index (χ1) is 9.80. The first kappa shape index (κ1) is 16.7. The smallest absolute Gasteiger partial charge is 0.240 e. The number of halogens is 1. The lowest BCUT2D eigenvalue weighted by molar-refractivity contribution is 0.449. The highest BCUT2D eigenvalue weighted by Gasteiger charge is 2.42. The highest BCUT2D eigenvalue weighted by atomic mass is 35.5. The Morgan fingerprint density at radius 3 is 2.62 bits per heavy atom. The summed E-state index contributed by atoms with van der Waals surface area (Å²) in [6.07, 6.45) is 4.29. The summed E-state index contributed by atoms with van der Waals surface area (Å²) >= 11 is 10.9. The Balaban J connectivity index is 2.13. The summed E-state index contributed by atoms with van der Waals surface area (Å²) in [5.41, 5.74) is 6.15. The zero-order valence-electron chi connectivity index (χ0n) is 11.9. The van der Waals surface area contributed by atoms with Gasteiger partial charge in [-0.05, 0) is 42.9 Å². The molecule has 0 aliphatic heterocycles. The number of rotatable bonds is 7. The van der Waals surface area contributed by atoms with E-state index in [4.69, 9.17) is 29.6 Å². The van der Waals surface area contributed by atoms with Gasteiger partial charge in [0, 0.05) is 12.1 Å². The van der Waals surface area contributed by atoms with Crippen LogP contribution < -0.4 is 10.5 Å². The molecule has 4 nitrogen and oxygen atoms in total. The minimum atomic E-state index is -3.56. The summed E-state index contributed by atoms with van der Waals surface area (Å²) in [6.45, 7) is 2.60. The molecule has 3 N–H and O–H groups in total. The van der Waals surface area contributed by atoms with E-state index in [9.17, 15) is 8.42 Å². The van der Waals surface area contributed by atoms with E-state index in [1.807, 2.05) is 0 Å². The summed E-state index contributed by atoms with van der Waals surface area (Å²) < 4.78 is 27.3. The Labute approximate surface area is 136 Å². The molecule has 1 aromatic rings. The Morgan fingerprint density at radius 1 is 1.48 bits per heavy atom. The average molecular weight is 347 g/mol. The summed E-state index contributed by atoms with van der Waals surface area (Å²) in [7, 11) is -3.56. The van der Waals surface area contributed by atoms with Crippen LogP contribution in [0.25, 0.3) is 0 Å². The topological polar surface area (TPSA) is 72.2 Å². The second kappa shape index (κ2) is 6.20. The van der Waals surface area contributed by atoms with Gasteiger partial charge in [0.05, 0.1) is 9.92 Å². The van der Waals surface area contributed by atoms with Gasteiger partial charge < -0.3 is 5.73 Å². The van der Waals surface area contributed by atoms with Gasteiger partial charge in [0.25, 0.3) is 0 Å². The molecule has 0 unspecified atom stereocenters. The van der Waals surface area contributed by atoms with Crippen LogP contribution in [0.1, 0.15) is 38.2 Å². The van der Waals surface area contributed by atoms with Crippen molar-refractivity contribution in [3.8, 4) is 0 Å². The van der Waals surface area contributed by atoms with Crippen molar-refractivity contribution in [1.29, 1.82) is 0 Å². The van der Waals surface area contributed by atoms with Crippen LogP contribution in [0.4, 0.5) is 0 Å². The normalized spacial score (nSPS) is 16.7. The van der Waals surface area contributed by atoms with Crippen molar-refractivity contribution in [1.82, 2.24) is 4.72 Å². The zero-order valence-corrected chi connectivity index (χ0v) is 14.2. The van der Waals surface area contributed by atoms with Crippen molar-refractivity contribution in [3.05, 3.63) is 28.8 Å². The van der Waals surface area contributed by atoms with Crippen LogP contribution in [0, 0.1) is 5.41 Å². The quantitative estimate of drug-likeness (QED) is 0.745. The van der Waals surface area contributed by atoms with E-state index in [2.05, 4.69) is 11.6 Å². The number of thiocarbonyl (C=S) groups is 1. The molecule has 0 atom stereocenters. The van der Waals surface area contributed by atoms with E-state index >= 15 is 0 Å². The fourth-order valence-electron chi connectivity index (χ4n) is 2.42. The molecule has 1 aliphatic carbocycles. The van der Waals surface area contributed by atoms with Gasteiger partial charge in [-0.1, -0.05) is 37.2 Å². The van der Waals surface area contributed by atoms with Gasteiger partial charge in [-0.15, -0.1) is 0 Å². The van der Waals surface area contributed by atoms with E-state index < -0.39 is 10.0 Å². The maximum atomic E-state index is 12.3. The zero-order chi connectivity index (χ0) is 15.7. The third kappa shape index (κ3) is 3.94. The van der Waals surface area contributed by atoms with Gasteiger partial charge >= 0.3 is 0 Å². The Morgan fingerprint density at radius 2 is 2.14 bits per heavy atom. The third-order valence-corrected chi connectivity index (χ3v) is 5.82. The maximum absolute atomic E-state index is 12.3. The molecular formula is C14H19ClN2O2S2. The molecule has 2 rings (SSSR count). The van der Waals surface area contributed by atoms with E-state index in [1.165, 1.54) is 18.2 Å². The Kier molecular flexibility index (Phi) is 4.92. The van der Waals surface area contributed by atoms with E-state index in [1.54, 1.807) is 0 Å². The lowest BCUT2D eigenvalue weighted by Gasteiger charge is -2.15. The fourth-order valence-corrected chi connectivity index (χ4v) is 4.18. The number of nitrogens with two attached hydrogens (primary N) is 1. The molecule has 21 heavy (non-hydrogen) atoms. The molecule has 0 heterocycles. The molecule has 0 aromatic heterocycles. The maximum Gasteiger partial charge on any atom is 0.240 e. The van der Waals surface area contributed by atoms with Crippen LogP contribution >= 0.6 is 23.8 Å². The third-order valence-electron chi connectivity index (χ3n) is 3.89. The van der Waals surface area contributed by atoms with Crippen LogP contribution in [0.2, 0.25) is 5.02 Å². The number of hydrogen-bond donors (Lipinski definition) is 2. The second-order valence-electron chi connectivity index (χ2n) is 5.58.